The Bertz CT molecular complexity index is 980. The summed E-state index contributed by atoms with van der Waals surface area (Å²) in [5.74, 6) is 0.856. The Morgan fingerprint density at radius 1 is 1.10 bits per heavy atom. The fraction of sp³-hybridized carbons (Fsp3) is 0.304. The highest BCUT2D eigenvalue weighted by atomic mass is 32.2. The van der Waals surface area contributed by atoms with Crippen LogP contribution in [0.25, 0.3) is 0 Å². The first-order valence-corrected chi connectivity index (χ1v) is 11.0. The molecule has 1 fully saturated rings. The molecule has 4 rings (SSSR count). The van der Waals surface area contributed by atoms with Gasteiger partial charge in [-0.25, -0.2) is 9.97 Å². The first-order chi connectivity index (χ1) is 14.7. The standard InChI is InChI=1S/C23H25N5OS/c1-17-7-9-20(10-8-17)30-23-21(25-12-13-26-23)28-14-4-5-18(16-28)22(29)27-15-19-6-2-3-11-24-19/h2-3,6-13,18H,4-5,14-16H2,1H3,(H,27,29)/t18-/m0/s1. The van der Waals surface area contributed by atoms with Crippen molar-refractivity contribution in [3.63, 3.8) is 0 Å². The Hall–Kier alpha value is -2.93. The number of nitrogens with one attached hydrogen (secondary N) is 1. The van der Waals surface area contributed by atoms with Crippen LogP contribution in [0.15, 0.2) is 71.0 Å². The van der Waals surface area contributed by atoms with Crippen molar-refractivity contribution in [1.82, 2.24) is 20.3 Å². The highest BCUT2D eigenvalue weighted by Gasteiger charge is 2.28. The topological polar surface area (TPSA) is 71.0 Å². The van der Waals surface area contributed by atoms with E-state index in [1.54, 1.807) is 30.4 Å². The number of benzene rings is 1. The smallest absolute Gasteiger partial charge is 0.225 e. The quantitative estimate of drug-likeness (QED) is 0.654. The predicted octanol–water partition coefficient (Wildman–Crippen LogP) is 3.86. The number of piperidine rings is 1. The molecular weight excluding hydrogens is 394 g/mol. The minimum Gasteiger partial charge on any atom is -0.354 e. The molecule has 1 saturated heterocycles. The zero-order valence-electron chi connectivity index (χ0n) is 17.0. The normalized spacial score (nSPS) is 16.3. The average Bonchev–Trinajstić information content (AvgIpc) is 2.80. The highest BCUT2D eigenvalue weighted by molar-refractivity contribution is 7.99. The summed E-state index contributed by atoms with van der Waals surface area (Å²) in [5, 5.41) is 3.90. The van der Waals surface area contributed by atoms with E-state index < -0.39 is 0 Å². The Morgan fingerprint density at radius 3 is 2.73 bits per heavy atom. The third kappa shape index (κ3) is 5.16. The van der Waals surface area contributed by atoms with Crippen molar-refractivity contribution >= 4 is 23.5 Å². The van der Waals surface area contributed by atoms with E-state index in [2.05, 4.69) is 56.4 Å². The predicted molar refractivity (Wildman–Crippen MR) is 118 cm³/mol. The van der Waals surface area contributed by atoms with Gasteiger partial charge >= 0.3 is 0 Å². The lowest BCUT2D eigenvalue weighted by Gasteiger charge is -2.33. The third-order valence-corrected chi connectivity index (χ3v) is 6.13. The summed E-state index contributed by atoms with van der Waals surface area (Å²) in [5.41, 5.74) is 2.10. The van der Waals surface area contributed by atoms with Crippen LogP contribution in [-0.2, 0) is 11.3 Å². The largest absolute Gasteiger partial charge is 0.354 e. The lowest BCUT2D eigenvalue weighted by atomic mass is 9.97. The number of carbonyl (C=O) groups excluding carboxylic acids is 1. The number of pyridine rings is 1. The molecular formula is C23H25N5OS. The minimum absolute atomic E-state index is 0.0679. The molecule has 154 valence electrons. The van der Waals surface area contributed by atoms with Crippen molar-refractivity contribution in [2.75, 3.05) is 18.0 Å². The Kier molecular flexibility index (Phi) is 6.59. The SMILES string of the molecule is Cc1ccc(Sc2nccnc2N2CCC[C@H](C(=O)NCc3ccccn3)C2)cc1. The molecule has 1 atom stereocenters. The van der Waals surface area contributed by atoms with Crippen LogP contribution in [0.3, 0.4) is 0 Å². The van der Waals surface area contributed by atoms with E-state index in [1.807, 2.05) is 18.2 Å². The number of nitrogens with zero attached hydrogens (tertiary/aromatic N) is 4. The Labute approximate surface area is 181 Å². The van der Waals surface area contributed by atoms with Crippen molar-refractivity contribution in [2.45, 2.75) is 36.2 Å². The first kappa shape index (κ1) is 20.3. The molecule has 3 aromatic rings. The monoisotopic (exact) mass is 419 g/mol. The zero-order valence-corrected chi connectivity index (χ0v) is 17.8. The number of aryl methyl sites for hydroxylation is 1. The van der Waals surface area contributed by atoms with Crippen LogP contribution in [0.5, 0.6) is 0 Å². The molecule has 6 nitrogen and oxygen atoms in total. The summed E-state index contributed by atoms with van der Waals surface area (Å²) < 4.78 is 0. The molecule has 0 unspecified atom stereocenters. The van der Waals surface area contributed by atoms with E-state index in [1.165, 1.54) is 5.56 Å². The second-order valence-corrected chi connectivity index (χ2v) is 8.49. The van der Waals surface area contributed by atoms with Crippen LogP contribution in [0, 0.1) is 12.8 Å². The summed E-state index contributed by atoms with van der Waals surface area (Å²) in [7, 11) is 0. The van der Waals surface area contributed by atoms with Crippen molar-refractivity contribution in [3.8, 4) is 0 Å². The van der Waals surface area contributed by atoms with Gasteiger partial charge in [0.25, 0.3) is 0 Å². The molecule has 1 aliphatic heterocycles. The molecule has 1 N–H and O–H groups in total. The number of amides is 1. The number of carbonyl (C=O) groups is 1. The Balaban J connectivity index is 1.43. The molecule has 1 aliphatic rings. The molecule has 0 spiro atoms. The average molecular weight is 420 g/mol. The second kappa shape index (κ2) is 9.71. The van der Waals surface area contributed by atoms with E-state index in [0.717, 1.165) is 40.8 Å². The number of hydrogen-bond acceptors (Lipinski definition) is 6. The van der Waals surface area contributed by atoms with Gasteiger partial charge in [0, 0.05) is 36.6 Å². The van der Waals surface area contributed by atoms with Crippen molar-refractivity contribution < 1.29 is 4.79 Å². The van der Waals surface area contributed by atoms with Gasteiger partial charge in [-0.3, -0.25) is 9.78 Å². The summed E-state index contributed by atoms with van der Waals surface area (Å²) in [6.07, 6.45) is 7.02. The van der Waals surface area contributed by atoms with Gasteiger partial charge < -0.3 is 10.2 Å². The fourth-order valence-corrected chi connectivity index (χ4v) is 4.42. The summed E-state index contributed by atoms with van der Waals surface area (Å²) in [4.78, 5) is 29.5. The highest BCUT2D eigenvalue weighted by Crippen LogP contribution is 2.34. The third-order valence-electron chi connectivity index (χ3n) is 5.14. The molecule has 2 aromatic heterocycles. The molecule has 0 bridgehead atoms. The van der Waals surface area contributed by atoms with Crippen LogP contribution in [0.4, 0.5) is 5.82 Å². The van der Waals surface area contributed by atoms with Crippen molar-refractivity contribution in [2.24, 2.45) is 5.92 Å². The lowest BCUT2D eigenvalue weighted by molar-refractivity contribution is -0.125. The van der Waals surface area contributed by atoms with Gasteiger partial charge in [0.1, 0.15) is 5.03 Å². The van der Waals surface area contributed by atoms with E-state index in [0.29, 0.717) is 13.1 Å². The van der Waals surface area contributed by atoms with Gasteiger partial charge in [-0.2, -0.15) is 0 Å². The molecule has 0 aliphatic carbocycles. The van der Waals surface area contributed by atoms with Gasteiger partial charge in [0.05, 0.1) is 18.2 Å². The maximum absolute atomic E-state index is 12.7. The van der Waals surface area contributed by atoms with Gasteiger partial charge in [-0.15, -0.1) is 0 Å². The van der Waals surface area contributed by atoms with Gasteiger partial charge in [0.15, 0.2) is 5.82 Å². The number of anilines is 1. The maximum Gasteiger partial charge on any atom is 0.225 e. The van der Waals surface area contributed by atoms with E-state index in [-0.39, 0.29) is 11.8 Å². The van der Waals surface area contributed by atoms with Crippen molar-refractivity contribution in [1.29, 1.82) is 0 Å². The van der Waals surface area contributed by atoms with Crippen LogP contribution < -0.4 is 10.2 Å². The van der Waals surface area contributed by atoms with Crippen LogP contribution in [-0.4, -0.2) is 33.9 Å². The fourth-order valence-electron chi connectivity index (χ4n) is 3.53. The van der Waals surface area contributed by atoms with Gasteiger partial charge in [-0.05, 0) is 44.0 Å². The maximum atomic E-state index is 12.7. The molecule has 1 amide bonds. The summed E-state index contributed by atoms with van der Waals surface area (Å²) in [6.45, 7) is 4.06. The molecule has 1 aromatic carbocycles. The number of hydrogen-bond donors (Lipinski definition) is 1. The number of rotatable bonds is 6. The van der Waals surface area contributed by atoms with Crippen LogP contribution in [0.2, 0.25) is 0 Å². The molecule has 7 heteroatoms. The minimum atomic E-state index is -0.0679. The Morgan fingerprint density at radius 2 is 1.93 bits per heavy atom. The van der Waals surface area contributed by atoms with Gasteiger partial charge in [0.2, 0.25) is 5.91 Å². The van der Waals surface area contributed by atoms with Gasteiger partial charge in [-0.1, -0.05) is 35.5 Å². The number of aromatic nitrogens is 3. The summed E-state index contributed by atoms with van der Waals surface area (Å²) in [6, 6.07) is 14.1. The first-order valence-electron chi connectivity index (χ1n) is 10.2. The molecule has 0 saturated carbocycles. The van der Waals surface area contributed by atoms with Crippen LogP contribution in [0.1, 0.15) is 24.1 Å². The lowest BCUT2D eigenvalue weighted by Crippen LogP contribution is -2.43. The molecule has 0 radical (unpaired) electrons. The van der Waals surface area contributed by atoms with E-state index in [4.69, 9.17) is 0 Å². The second-order valence-electron chi connectivity index (χ2n) is 7.42. The molecule has 30 heavy (non-hydrogen) atoms. The van der Waals surface area contributed by atoms with Crippen molar-refractivity contribution in [3.05, 3.63) is 72.3 Å². The zero-order chi connectivity index (χ0) is 20.8. The van der Waals surface area contributed by atoms with E-state index in [9.17, 15) is 4.79 Å². The summed E-state index contributed by atoms with van der Waals surface area (Å²) >= 11 is 1.61. The molecule has 3 heterocycles. The van der Waals surface area contributed by atoms with E-state index >= 15 is 0 Å². The van der Waals surface area contributed by atoms with Crippen LogP contribution >= 0.6 is 11.8 Å².